The molecular formula is C13H19NO2S. The molecule has 0 aromatic heterocycles. The summed E-state index contributed by atoms with van der Waals surface area (Å²) in [4.78, 5) is 0. The third-order valence-corrected chi connectivity index (χ3v) is 3.36. The maximum atomic E-state index is 11.7. The van der Waals surface area contributed by atoms with E-state index >= 15 is 0 Å². The Kier molecular flexibility index (Phi) is 4.87. The molecule has 0 aliphatic rings. The third-order valence-electron chi connectivity index (χ3n) is 2.01. The fourth-order valence-electron chi connectivity index (χ4n) is 1.08. The Hall–Kier alpha value is -1.16. The number of hydrogen-bond acceptors (Lipinski definition) is 2. The van der Waals surface area contributed by atoms with E-state index in [9.17, 15) is 4.21 Å². The van der Waals surface area contributed by atoms with Gasteiger partial charge in [0, 0.05) is 6.21 Å². The maximum Gasteiger partial charge on any atom is 0.144 e. The van der Waals surface area contributed by atoms with E-state index in [1.807, 2.05) is 52.0 Å². The Bertz CT molecular complexity index is 404. The topological polar surface area (TPSA) is 38.7 Å². The van der Waals surface area contributed by atoms with Gasteiger partial charge in [-0.2, -0.15) is 4.40 Å². The average molecular weight is 253 g/mol. The number of ether oxygens (including phenoxy) is 1. The first-order valence-electron chi connectivity index (χ1n) is 5.62. The fourth-order valence-corrected chi connectivity index (χ4v) is 1.62. The van der Waals surface area contributed by atoms with Gasteiger partial charge in [-0.1, -0.05) is 0 Å². The Morgan fingerprint density at radius 2 is 1.88 bits per heavy atom. The Labute approximate surface area is 106 Å². The summed E-state index contributed by atoms with van der Waals surface area (Å²) in [5.41, 5.74) is 0.922. The van der Waals surface area contributed by atoms with Crippen LogP contribution in [-0.4, -0.2) is 21.8 Å². The summed E-state index contributed by atoms with van der Waals surface area (Å²) in [5.74, 6) is 0.835. The molecule has 0 N–H and O–H groups in total. The molecule has 94 valence electrons. The standard InChI is InChI=1S/C13H19NO2S/c1-5-16-12-8-6-11(7-9-12)10-14-17(15)13(2,3)4/h6-10H,5H2,1-4H3/b14-10+/t17-/m1/s1. The highest BCUT2D eigenvalue weighted by atomic mass is 32.2. The van der Waals surface area contributed by atoms with E-state index in [1.165, 1.54) is 0 Å². The molecule has 0 spiro atoms. The minimum atomic E-state index is -1.21. The number of hydrogen-bond donors (Lipinski definition) is 0. The summed E-state index contributed by atoms with van der Waals surface area (Å²) in [6, 6.07) is 7.55. The van der Waals surface area contributed by atoms with Crippen molar-refractivity contribution in [2.24, 2.45) is 4.40 Å². The molecule has 0 bridgehead atoms. The second-order valence-electron chi connectivity index (χ2n) is 4.60. The number of nitrogens with zero attached hydrogens (tertiary/aromatic N) is 1. The van der Waals surface area contributed by atoms with Gasteiger partial charge in [0.25, 0.3) is 0 Å². The van der Waals surface area contributed by atoms with Crippen LogP contribution in [0.1, 0.15) is 33.3 Å². The van der Waals surface area contributed by atoms with Gasteiger partial charge in [-0.25, -0.2) is 4.21 Å². The highest BCUT2D eigenvalue weighted by Gasteiger charge is 2.17. The molecular weight excluding hydrogens is 234 g/mol. The molecule has 1 aromatic carbocycles. The largest absolute Gasteiger partial charge is 0.494 e. The van der Waals surface area contributed by atoms with Gasteiger partial charge in [0.2, 0.25) is 0 Å². The minimum Gasteiger partial charge on any atom is -0.494 e. The van der Waals surface area contributed by atoms with Crippen molar-refractivity contribution in [1.29, 1.82) is 0 Å². The van der Waals surface area contributed by atoms with Crippen molar-refractivity contribution in [2.45, 2.75) is 32.4 Å². The van der Waals surface area contributed by atoms with Crippen LogP contribution in [0.3, 0.4) is 0 Å². The molecule has 1 rings (SSSR count). The van der Waals surface area contributed by atoms with Crippen LogP contribution in [0.25, 0.3) is 0 Å². The van der Waals surface area contributed by atoms with Crippen molar-refractivity contribution in [3.63, 3.8) is 0 Å². The lowest BCUT2D eigenvalue weighted by molar-refractivity contribution is 0.340. The average Bonchev–Trinajstić information content (AvgIpc) is 2.27. The van der Waals surface area contributed by atoms with Gasteiger partial charge in [-0.15, -0.1) is 0 Å². The van der Waals surface area contributed by atoms with Crippen molar-refractivity contribution < 1.29 is 8.95 Å². The van der Waals surface area contributed by atoms with Crippen molar-refractivity contribution in [3.8, 4) is 5.75 Å². The SMILES string of the molecule is CCOc1ccc(/C=N/[S@](=O)C(C)(C)C)cc1. The van der Waals surface area contributed by atoms with Crippen LogP contribution in [0.5, 0.6) is 5.75 Å². The fraction of sp³-hybridized carbons (Fsp3) is 0.462. The lowest BCUT2D eigenvalue weighted by Crippen LogP contribution is -2.19. The van der Waals surface area contributed by atoms with E-state index in [0.29, 0.717) is 6.61 Å². The van der Waals surface area contributed by atoms with E-state index in [0.717, 1.165) is 11.3 Å². The van der Waals surface area contributed by atoms with E-state index in [2.05, 4.69) is 4.40 Å². The first kappa shape index (κ1) is 13.9. The zero-order chi connectivity index (χ0) is 12.9. The number of benzene rings is 1. The first-order valence-corrected chi connectivity index (χ1v) is 6.73. The molecule has 0 saturated heterocycles. The van der Waals surface area contributed by atoms with Gasteiger partial charge < -0.3 is 4.74 Å². The zero-order valence-corrected chi connectivity index (χ0v) is 11.6. The quantitative estimate of drug-likeness (QED) is 0.774. The lowest BCUT2D eigenvalue weighted by atomic mass is 10.2. The molecule has 17 heavy (non-hydrogen) atoms. The second kappa shape index (κ2) is 5.96. The third kappa shape index (κ3) is 4.69. The monoisotopic (exact) mass is 253 g/mol. The van der Waals surface area contributed by atoms with Crippen molar-refractivity contribution in [2.75, 3.05) is 6.61 Å². The highest BCUT2D eigenvalue weighted by Crippen LogP contribution is 2.13. The summed E-state index contributed by atoms with van der Waals surface area (Å²) in [5, 5.41) is 0. The van der Waals surface area contributed by atoms with Crippen molar-refractivity contribution in [3.05, 3.63) is 29.8 Å². The first-order chi connectivity index (χ1) is 7.93. The molecule has 0 amide bonds. The van der Waals surface area contributed by atoms with Crippen LogP contribution in [-0.2, 0) is 11.0 Å². The normalized spacial score (nSPS) is 13.9. The molecule has 0 aliphatic carbocycles. The highest BCUT2D eigenvalue weighted by molar-refractivity contribution is 7.85. The van der Waals surface area contributed by atoms with Crippen LogP contribution < -0.4 is 4.74 Å². The second-order valence-corrected chi connectivity index (χ2v) is 6.53. The van der Waals surface area contributed by atoms with E-state index in [-0.39, 0.29) is 4.75 Å². The maximum absolute atomic E-state index is 11.7. The lowest BCUT2D eigenvalue weighted by Gasteiger charge is -2.12. The van der Waals surface area contributed by atoms with Gasteiger partial charge in [-0.3, -0.25) is 0 Å². The van der Waals surface area contributed by atoms with Crippen LogP contribution >= 0.6 is 0 Å². The van der Waals surface area contributed by atoms with Crippen molar-refractivity contribution >= 4 is 17.2 Å². The summed E-state index contributed by atoms with van der Waals surface area (Å²) in [7, 11) is -1.21. The Morgan fingerprint density at radius 3 is 2.35 bits per heavy atom. The summed E-state index contributed by atoms with van der Waals surface area (Å²) in [6.45, 7) is 8.30. The zero-order valence-electron chi connectivity index (χ0n) is 10.8. The van der Waals surface area contributed by atoms with Crippen LogP contribution in [0, 0.1) is 0 Å². The summed E-state index contributed by atoms with van der Waals surface area (Å²) < 4.78 is 20.8. The molecule has 1 aromatic rings. The Morgan fingerprint density at radius 1 is 1.29 bits per heavy atom. The molecule has 1 atom stereocenters. The molecule has 0 fully saturated rings. The van der Waals surface area contributed by atoms with Gasteiger partial charge >= 0.3 is 0 Å². The van der Waals surface area contributed by atoms with E-state index in [4.69, 9.17) is 4.74 Å². The van der Waals surface area contributed by atoms with Gasteiger partial charge in [0.1, 0.15) is 16.7 Å². The molecule has 0 radical (unpaired) electrons. The van der Waals surface area contributed by atoms with Crippen LogP contribution in [0.4, 0.5) is 0 Å². The molecule has 0 aliphatic heterocycles. The predicted molar refractivity (Wildman–Crippen MR) is 73.1 cm³/mol. The molecule has 3 nitrogen and oxygen atoms in total. The number of rotatable bonds is 4. The minimum absolute atomic E-state index is 0.318. The Balaban J connectivity index is 2.69. The molecule has 0 saturated carbocycles. The van der Waals surface area contributed by atoms with Gasteiger partial charge in [-0.05, 0) is 57.5 Å². The summed E-state index contributed by atoms with van der Waals surface area (Å²) >= 11 is 0. The summed E-state index contributed by atoms with van der Waals surface area (Å²) in [6.07, 6.45) is 1.64. The van der Waals surface area contributed by atoms with Gasteiger partial charge in [0.15, 0.2) is 0 Å². The molecule has 0 heterocycles. The van der Waals surface area contributed by atoms with E-state index < -0.39 is 11.0 Å². The van der Waals surface area contributed by atoms with Gasteiger partial charge in [0.05, 0.1) is 11.4 Å². The molecule has 0 unspecified atom stereocenters. The van der Waals surface area contributed by atoms with Crippen LogP contribution in [0.2, 0.25) is 0 Å². The van der Waals surface area contributed by atoms with Crippen LogP contribution in [0.15, 0.2) is 28.7 Å². The smallest absolute Gasteiger partial charge is 0.144 e. The predicted octanol–water partition coefficient (Wildman–Crippen LogP) is 2.97. The molecule has 4 heteroatoms. The van der Waals surface area contributed by atoms with Crippen molar-refractivity contribution in [1.82, 2.24) is 0 Å². The van der Waals surface area contributed by atoms with E-state index in [1.54, 1.807) is 6.21 Å².